The second-order valence-electron chi connectivity index (χ2n) is 3.17. The Labute approximate surface area is 85.1 Å². The van der Waals surface area contributed by atoms with Gasteiger partial charge in [0.25, 0.3) is 0 Å². The summed E-state index contributed by atoms with van der Waals surface area (Å²) in [6, 6.07) is 1.66. The SMILES string of the molecule is FC[C@@H]1C[C@H]1c1cc(Cl)nnc1Cl. The highest BCUT2D eigenvalue weighted by Crippen LogP contribution is 2.49. The second kappa shape index (κ2) is 3.39. The van der Waals surface area contributed by atoms with Crippen LogP contribution in [0.25, 0.3) is 0 Å². The maximum absolute atomic E-state index is 12.2. The van der Waals surface area contributed by atoms with Gasteiger partial charge in [-0.15, -0.1) is 10.2 Å². The molecule has 0 aliphatic heterocycles. The minimum Gasteiger partial charge on any atom is -0.251 e. The van der Waals surface area contributed by atoms with Crippen molar-refractivity contribution in [2.75, 3.05) is 6.67 Å². The van der Waals surface area contributed by atoms with Crippen LogP contribution in [0.5, 0.6) is 0 Å². The first kappa shape index (κ1) is 9.16. The predicted molar refractivity (Wildman–Crippen MR) is 48.9 cm³/mol. The second-order valence-corrected chi connectivity index (χ2v) is 3.92. The van der Waals surface area contributed by atoms with Crippen LogP contribution in [0.3, 0.4) is 0 Å². The molecule has 0 radical (unpaired) electrons. The van der Waals surface area contributed by atoms with Crippen LogP contribution in [0.15, 0.2) is 6.07 Å². The maximum atomic E-state index is 12.2. The van der Waals surface area contributed by atoms with Crippen LogP contribution in [0.2, 0.25) is 10.3 Å². The highest BCUT2D eigenvalue weighted by molar-refractivity contribution is 6.31. The standard InChI is InChI=1S/C8H7Cl2FN2/c9-7-2-6(8(10)13-12-7)5-1-4(5)3-11/h2,4-5H,1,3H2/t4-,5+/m0/s1. The van der Waals surface area contributed by atoms with Crippen LogP contribution in [0.1, 0.15) is 17.9 Å². The Bertz CT molecular complexity index is 332. The number of hydrogen-bond donors (Lipinski definition) is 0. The van der Waals surface area contributed by atoms with Gasteiger partial charge in [-0.25, -0.2) is 0 Å². The quantitative estimate of drug-likeness (QED) is 0.767. The van der Waals surface area contributed by atoms with E-state index in [9.17, 15) is 4.39 Å². The highest BCUT2D eigenvalue weighted by atomic mass is 35.5. The van der Waals surface area contributed by atoms with Gasteiger partial charge < -0.3 is 0 Å². The van der Waals surface area contributed by atoms with Crippen LogP contribution in [0.4, 0.5) is 4.39 Å². The van der Waals surface area contributed by atoms with Gasteiger partial charge >= 0.3 is 0 Å². The van der Waals surface area contributed by atoms with E-state index in [1.807, 2.05) is 0 Å². The molecular formula is C8H7Cl2FN2. The summed E-state index contributed by atoms with van der Waals surface area (Å²) in [5, 5.41) is 7.91. The molecule has 2 atom stereocenters. The smallest absolute Gasteiger partial charge is 0.155 e. The third-order valence-corrected chi connectivity index (χ3v) is 2.74. The normalized spacial score (nSPS) is 26.1. The van der Waals surface area contributed by atoms with Crippen molar-refractivity contribution in [2.24, 2.45) is 5.92 Å². The highest BCUT2D eigenvalue weighted by Gasteiger charge is 2.40. The fourth-order valence-corrected chi connectivity index (χ4v) is 1.81. The van der Waals surface area contributed by atoms with Crippen LogP contribution in [0, 0.1) is 5.92 Å². The molecule has 1 aromatic heterocycles. The first-order valence-corrected chi connectivity index (χ1v) is 4.72. The van der Waals surface area contributed by atoms with E-state index >= 15 is 0 Å². The molecule has 0 aromatic carbocycles. The largest absolute Gasteiger partial charge is 0.251 e. The number of rotatable bonds is 2. The summed E-state index contributed by atoms with van der Waals surface area (Å²) in [7, 11) is 0. The molecule has 5 heteroatoms. The zero-order valence-electron chi connectivity index (χ0n) is 6.67. The van der Waals surface area contributed by atoms with Gasteiger partial charge in [-0.3, -0.25) is 4.39 Å². The minimum absolute atomic E-state index is 0.0952. The molecule has 0 saturated heterocycles. The van der Waals surface area contributed by atoms with E-state index in [0.29, 0.717) is 10.3 Å². The Hall–Kier alpha value is -0.410. The summed E-state index contributed by atoms with van der Waals surface area (Å²) in [5.41, 5.74) is 0.823. The van der Waals surface area contributed by atoms with E-state index in [0.717, 1.165) is 12.0 Å². The topological polar surface area (TPSA) is 25.8 Å². The van der Waals surface area contributed by atoms with Crippen molar-refractivity contribution in [1.82, 2.24) is 10.2 Å². The molecule has 13 heavy (non-hydrogen) atoms. The van der Waals surface area contributed by atoms with Gasteiger partial charge in [0, 0.05) is 0 Å². The molecule has 2 rings (SSSR count). The average Bonchev–Trinajstić information content (AvgIpc) is 2.88. The molecule has 0 unspecified atom stereocenters. The molecule has 1 heterocycles. The van der Waals surface area contributed by atoms with Gasteiger partial charge in [0.1, 0.15) is 0 Å². The lowest BCUT2D eigenvalue weighted by atomic mass is 10.2. The molecule has 1 fully saturated rings. The number of aromatic nitrogens is 2. The molecule has 0 amide bonds. The van der Waals surface area contributed by atoms with Gasteiger partial charge in [0.15, 0.2) is 10.3 Å². The van der Waals surface area contributed by atoms with Crippen molar-refractivity contribution in [2.45, 2.75) is 12.3 Å². The van der Waals surface area contributed by atoms with E-state index in [1.165, 1.54) is 0 Å². The molecule has 1 aliphatic rings. The van der Waals surface area contributed by atoms with Crippen LogP contribution >= 0.6 is 23.2 Å². The fraction of sp³-hybridized carbons (Fsp3) is 0.500. The zero-order chi connectivity index (χ0) is 9.42. The Morgan fingerprint density at radius 2 is 2.23 bits per heavy atom. The van der Waals surface area contributed by atoms with Gasteiger partial charge in [-0.2, -0.15) is 0 Å². The third kappa shape index (κ3) is 1.76. The van der Waals surface area contributed by atoms with Crippen molar-refractivity contribution < 1.29 is 4.39 Å². The van der Waals surface area contributed by atoms with E-state index in [4.69, 9.17) is 23.2 Å². The number of alkyl halides is 1. The first-order chi connectivity index (χ1) is 6.22. The molecule has 0 N–H and O–H groups in total. The Morgan fingerprint density at radius 1 is 1.46 bits per heavy atom. The van der Waals surface area contributed by atoms with E-state index in [2.05, 4.69) is 10.2 Å². The molecular weight excluding hydrogens is 214 g/mol. The lowest BCUT2D eigenvalue weighted by Crippen LogP contribution is -1.92. The van der Waals surface area contributed by atoms with Gasteiger partial charge in [0.05, 0.1) is 6.67 Å². The van der Waals surface area contributed by atoms with E-state index in [-0.39, 0.29) is 18.5 Å². The summed E-state index contributed by atoms with van der Waals surface area (Å²) in [5.74, 6) is 0.281. The zero-order valence-corrected chi connectivity index (χ0v) is 8.19. The molecule has 0 spiro atoms. The lowest BCUT2D eigenvalue weighted by Gasteiger charge is -2.00. The predicted octanol–water partition coefficient (Wildman–Crippen LogP) is 2.86. The molecule has 0 bridgehead atoms. The lowest BCUT2D eigenvalue weighted by molar-refractivity contribution is 0.452. The van der Waals surface area contributed by atoms with Crippen molar-refractivity contribution >= 4 is 23.2 Å². The number of hydrogen-bond acceptors (Lipinski definition) is 2. The molecule has 2 nitrogen and oxygen atoms in total. The van der Waals surface area contributed by atoms with Crippen molar-refractivity contribution in [3.8, 4) is 0 Å². The summed E-state index contributed by atoms with van der Waals surface area (Å²) < 4.78 is 12.2. The molecule has 1 aliphatic carbocycles. The van der Waals surface area contributed by atoms with Crippen LogP contribution < -0.4 is 0 Å². The van der Waals surface area contributed by atoms with E-state index in [1.54, 1.807) is 6.07 Å². The van der Waals surface area contributed by atoms with Gasteiger partial charge in [-0.1, -0.05) is 23.2 Å². The molecule has 1 saturated carbocycles. The maximum Gasteiger partial charge on any atom is 0.155 e. The van der Waals surface area contributed by atoms with Crippen LogP contribution in [-0.4, -0.2) is 16.9 Å². The Kier molecular flexibility index (Phi) is 2.39. The minimum atomic E-state index is -0.305. The number of halogens is 3. The first-order valence-electron chi connectivity index (χ1n) is 3.97. The number of nitrogens with zero attached hydrogens (tertiary/aromatic N) is 2. The van der Waals surface area contributed by atoms with Crippen molar-refractivity contribution in [3.05, 3.63) is 21.9 Å². The van der Waals surface area contributed by atoms with Crippen molar-refractivity contribution in [3.63, 3.8) is 0 Å². The van der Waals surface area contributed by atoms with E-state index < -0.39 is 0 Å². The monoisotopic (exact) mass is 220 g/mol. The Morgan fingerprint density at radius 3 is 2.85 bits per heavy atom. The average molecular weight is 221 g/mol. The summed E-state index contributed by atoms with van der Waals surface area (Å²) in [4.78, 5) is 0. The van der Waals surface area contributed by atoms with Crippen LogP contribution in [-0.2, 0) is 0 Å². The third-order valence-electron chi connectivity index (χ3n) is 2.27. The Balaban J connectivity index is 2.25. The summed E-state index contributed by atoms with van der Waals surface area (Å²) in [6.45, 7) is -0.305. The molecule has 70 valence electrons. The van der Waals surface area contributed by atoms with Gasteiger partial charge in [-0.05, 0) is 29.9 Å². The molecule has 1 aromatic rings. The summed E-state index contributed by atoms with van der Waals surface area (Å²) >= 11 is 11.5. The summed E-state index contributed by atoms with van der Waals surface area (Å²) in [6.07, 6.45) is 0.832. The van der Waals surface area contributed by atoms with Gasteiger partial charge in [0.2, 0.25) is 0 Å². The van der Waals surface area contributed by atoms with Crippen molar-refractivity contribution in [1.29, 1.82) is 0 Å². The fourth-order valence-electron chi connectivity index (χ4n) is 1.43.